The van der Waals surface area contributed by atoms with Gasteiger partial charge in [-0.3, -0.25) is 4.90 Å². The third-order valence-electron chi connectivity index (χ3n) is 3.86. The van der Waals surface area contributed by atoms with E-state index >= 15 is 0 Å². The van der Waals surface area contributed by atoms with E-state index in [1.165, 1.54) is 12.8 Å². The molecule has 0 aliphatic carbocycles. The molecule has 0 amide bonds. The Morgan fingerprint density at radius 3 is 3.12 bits per heavy atom. The van der Waals surface area contributed by atoms with Gasteiger partial charge < -0.3 is 14.8 Å². The topological polar surface area (TPSA) is 33.7 Å². The Morgan fingerprint density at radius 1 is 1.47 bits per heavy atom. The van der Waals surface area contributed by atoms with Crippen LogP contribution in [0.25, 0.3) is 0 Å². The average molecular weight is 242 g/mol. The highest BCUT2D eigenvalue weighted by Gasteiger charge is 2.25. The van der Waals surface area contributed by atoms with Gasteiger partial charge in [0.2, 0.25) is 0 Å². The first-order valence-corrected chi connectivity index (χ1v) is 6.98. The standard InChI is InChI=1S/C13H26N2O2/c1-3-15-7-8-16-12(9-15)10-17-13-5-4-6-14-11(13)2/h11-14H,3-10H2,1-2H3. The Morgan fingerprint density at radius 2 is 2.35 bits per heavy atom. The summed E-state index contributed by atoms with van der Waals surface area (Å²) in [5.41, 5.74) is 0. The summed E-state index contributed by atoms with van der Waals surface area (Å²) >= 11 is 0. The van der Waals surface area contributed by atoms with Gasteiger partial charge in [-0.15, -0.1) is 0 Å². The van der Waals surface area contributed by atoms with Crippen LogP contribution in [0.2, 0.25) is 0 Å². The molecule has 1 N–H and O–H groups in total. The van der Waals surface area contributed by atoms with E-state index in [1.807, 2.05) is 0 Å². The van der Waals surface area contributed by atoms with Crippen LogP contribution in [0.3, 0.4) is 0 Å². The van der Waals surface area contributed by atoms with Crippen LogP contribution in [0, 0.1) is 0 Å². The van der Waals surface area contributed by atoms with E-state index in [2.05, 4.69) is 24.1 Å². The molecule has 3 unspecified atom stereocenters. The van der Waals surface area contributed by atoms with E-state index in [9.17, 15) is 0 Å². The fourth-order valence-corrected chi connectivity index (χ4v) is 2.64. The van der Waals surface area contributed by atoms with Crippen molar-refractivity contribution in [1.82, 2.24) is 10.2 Å². The molecule has 0 saturated carbocycles. The molecule has 2 rings (SSSR count). The number of piperidine rings is 1. The minimum absolute atomic E-state index is 0.262. The van der Waals surface area contributed by atoms with E-state index in [0.717, 1.165) is 39.4 Å². The highest BCUT2D eigenvalue weighted by molar-refractivity contribution is 4.79. The molecule has 4 heteroatoms. The molecule has 0 spiro atoms. The Bertz CT molecular complexity index is 225. The van der Waals surface area contributed by atoms with Crippen molar-refractivity contribution in [2.24, 2.45) is 0 Å². The zero-order chi connectivity index (χ0) is 12.1. The quantitative estimate of drug-likeness (QED) is 0.793. The van der Waals surface area contributed by atoms with Crippen LogP contribution in [-0.4, -0.2) is 62.5 Å². The van der Waals surface area contributed by atoms with E-state index in [1.54, 1.807) is 0 Å². The van der Waals surface area contributed by atoms with Gasteiger partial charge in [-0.1, -0.05) is 6.92 Å². The van der Waals surface area contributed by atoms with Crippen LogP contribution in [0.1, 0.15) is 26.7 Å². The second-order valence-corrected chi connectivity index (χ2v) is 5.14. The van der Waals surface area contributed by atoms with Gasteiger partial charge in [0.05, 0.1) is 25.4 Å². The van der Waals surface area contributed by atoms with Crippen LogP contribution in [0.4, 0.5) is 0 Å². The molecule has 2 aliphatic heterocycles. The lowest BCUT2D eigenvalue weighted by atomic mass is 10.0. The highest BCUT2D eigenvalue weighted by Crippen LogP contribution is 2.14. The van der Waals surface area contributed by atoms with Gasteiger partial charge in [0.15, 0.2) is 0 Å². The molecule has 2 fully saturated rings. The maximum absolute atomic E-state index is 6.01. The van der Waals surface area contributed by atoms with Crippen molar-refractivity contribution in [3.8, 4) is 0 Å². The first kappa shape index (κ1) is 13.3. The lowest BCUT2D eigenvalue weighted by Crippen LogP contribution is -2.48. The Hall–Kier alpha value is -0.160. The van der Waals surface area contributed by atoms with Crippen LogP contribution < -0.4 is 5.32 Å². The lowest BCUT2D eigenvalue weighted by Gasteiger charge is -2.35. The van der Waals surface area contributed by atoms with Gasteiger partial charge in [-0.05, 0) is 32.9 Å². The summed E-state index contributed by atoms with van der Waals surface area (Å²) in [6, 6.07) is 0.481. The maximum Gasteiger partial charge on any atom is 0.0935 e. The predicted molar refractivity (Wildman–Crippen MR) is 68.3 cm³/mol. The van der Waals surface area contributed by atoms with Gasteiger partial charge in [-0.2, -0.15) is 0 Å². The zero-order valence-corrected chi connectivity index (χ0v) is 11.2. The molecule has 100 valence electrons. The van der Waals surface area contributed by atoms with Crippen molar-refractivity contribution < 1.29 is 9.47 Å². The number of nitrogens with one attached hydrogen (secondary N) is 1. The van der Waals surface area contributed by atoms with E-state index in [-0.39, 0.29) is 6.10 Å². The first-order chi connectivity index (χ1) is 8.29. The number of hydrogen-bond donors (Lipinski definition) is 1. The van der Waals surface area contributed by atoms with Crippen LogP contribution in [0.5, 0.6) is 0 Å². The number of hydrogen-bond acceptors (Lipinski definition) is 4. The second-order valence-electron chi connectivity index (χ2n) is 5.14. The smallest absolute Gasteiger partial charge is 0.0935 e. The summed E-state index contributed by atoms with van der Waals surface area (Å²) in [6.07, 6.45) is 3.03. The molecule has 4 nitrogen and oxygen atoms in total. The third kappa shape index (κ3) is 3.91. The van der Waals surface area contributed by atoms with Crippen molar-refractivity contribution in [3.63, 3.8) is 0 Å². The van der Waals surface area contributed by atoms with Gasteiger partial charge in [0.25, 0.3) is 0 Å². The summed E-state index contributed by atoms with van der Waals surface area (Å²) in [5.74, 6) is 0. The average Bonchev–Trinajstić information content (AvgIpc) is 2.38. The molecular weight excluding hydrogens is 216 g/mol. The minimum atomic E-state index is 0.262. The van der Waals surface area contributed by atoms with Gasteiger partial charge in [0, 0.05) is 19.1 Å². The molecule has 0 aromatic heterocycles. The Labute approximate surface area is 105 Å². The summed E-state index contributed by atoms with van der Waals surface area (Å²) in [5, 5.41) is 3.46. The predicted octanol–water partition coefficient (Wildman–Crippen LogP) is 0.864. The number of ether oxygens (including phenoxy) is 2. The Kier molecular flexibility index (Phi) is 5.22. The third-order valence-corrected chi connectivity index (χ3v) is 3.86. The van der Waals surface area contributed by atoms with Gasteiger partial charge >= 0.3 is 0 Å². The van der Waals surface area contributed by atoms with Gasteiger partial charge in [0.1, 0.15) is 0 Å². The molecule has 0 radical (unpaired) electrons. The number of rotatable bonds is 4. The molecule has 0 bridgehead atoms. The van der Waals surface area contributed by atoms with E-state index in [0.29, 0.717) is 12.1 Å². The molecule has 0 aromatic carbocycles. The first-order valence-electron chi connectivity index (χ1n) is 6.98. The summed E-state index contributed by atoms with van der Waals surface area (Å²) < 4.78 is 11.8. The number of morpholine rings is 1. The number of likely N-dealkylation sites (N-methyl/N-ethyl adjacent to an activating group) is 1. The Balaban J connectivity index is 1.69. The zero-order valence-electron chi connectivity index (χ0n) is 11.2. The number of nitrogens with zero attached hydrogens (tertiary/aromatic N) is 1. The molecule has 0 aromatic rings. The largest absolute Gasteiger partial charge is 0.374 e. The second kappa shape index (κ2) is 6.69. The highest BCUT2D eigenvalue weighted by atomic mass is 16.5. The van der Waals surface area contributed by atoms with Crippen molar-refractivity contribution in [3.05, 3.63) is 0 Å². The van der Waals surface area contributed by atoms with Crippen molar-refractivity contribution in [2.45, 2.75) is 44.9 Å². The summed E-state index contributed by atoms with van der Waals surface area (Å²) in [6.45, 7) is 10.3. The SMILES string of the molecule is CCN1CCOC(COC2CCCNC2C)C1. The normalized spacial score (nSPS) is 36.0. The van der Waals surface area contributed by atoms with E-state index in [4.69, 9.17) is 9.47 Å². The molecule has 2 aliphatic rings. The van der Waals surface area contributed by atoms with Gasteiger partial charge in [-0.25, -0.2) is 0 Å². The summed E-state index contributed by atoms with van der Waals surface area (Å²) in [7, 11) is 0. The summed E-state index contributed by atoms with van der Waals surface area (Å²) in [4.78, 5) is 2.43. The molecular formula is C13H26N2O2. The van der Waals surface area contributed by atoms with Crippen molar-refractivity contribution in [1.29, 1.82) is 0 Å². The molecule has 17 heavy (non-hydrogen) atoms. The van der Waals surface area contributed by atoms with Crippen molar-refractivity contribution in [2.75, 3.05) is 39.4 Å². The monoisotopic (exact) mass is 242 g/mol. The van der Waals surface area contributed by atoms with Crippen LogP contribution in [0.15, 0.2) is 0 Å². The van der Waals surface area contributed by atoms with Crippen molar-refractivity contribution >= 4 is 0 Å². The van der Waals surface area contributed by atoms with Crippen LogP contribution >= 0.6 is 0 Å². The minimum Gasteiger partial charge on any atom is -0.374 e. The maximum atomic E-state index is 6.01. The fourth-order valence-electron chi connectivity index (χ4n) is 2.64. The lowest BCUT2D eigenvalue weighted by molar-refractivity contribution is -0.0929. The molecule has 2 heterocycles. The van der Waals surface area contributed by atoms with Crippen LogP contribution in [-0.2, 0) is 9.47 Å². The molecule has 2 saturated heterocycles. The molecule has 3 atom stereocenters. The van der Waals surface area contributed by atoms with E-state index < -0.39 is 0 Å². The fraction of sp³-hybridized carbons (Fsp3) is 1.00.